The molecule has 0 unspecified atom stereocenters. The van der Waals surface area contributed by atoms with E-state index < -0.39 is 9.84 Å². The highest BCUT2D eigenvalue weighted by atomic mass is 32.2. The van der Waals surface area contributed by atoms with Crippen molar-refractivity contribution in [2.75, 3.05) is 5.75 Å². The minimum absolute atomic E-state index is 0.164. The van der Waals surface area contributed by atoms with E-state index in [0.29, 0.717) is 5.57 Å². The maximum absolute atomic E-state index is 12.2. The fourth-order valence-corrected chi connectivity index (χ4v) is 3.61. The molecule has 0 heterocycles. The molecule has 0 bridgehead atoms. The average Bonchev–Trinajstić information content (AvgIpc) is 2.91. The van der Waals surface area contributed by atoms with E-state index in [1.165, 1.54) is 0 Å². The molecule has 4 heteroatoms. The van der Waals surface area contributed by atoms with Crippen molar-refractivity contribution < 1.29 is 8.42 Å². The summed E-state index contributed by atoms with van der Waals surface area (Å²) >= 11 is 0. The van der Waals surface area contributed by atoms with Gasteiger partial charge in [-0.2, -0.15) is 5.26 Å². The van der Waals surface area contributed by atoms with Gasteiger partial charge in [0.25, 0.3) is 0 Å². The quantitative estimate of drug-likeness (QED) is 0.786. The zero-order valence-electron chi connectivity index (χ0n) is 10.1. The fourth-order valence-electron chi connectivity index (χ4n) is 2.22. The number of hydrogen-bond acceptors (Lipinski definition) is 3. The summed E-state index contributed by atoms with van der Waals surface area (Å²) in [5.74, 6) is -0.164. The zero-order valence-corrected chi connectivity index (χ0v) is 10.9. The molecule has 0 spiro atoms. The summed E-state index contributed by atoms with van der Waals surface area (Å²) < 4.78 is 24.3. The number of nitriles is 1. The molecular formula is C14H15NO2S. The molecule has 0 radical (unpaired) electrons. The van der Waals surface area contributed by atoms with E-state index in [-0.39, 0.29) is 10.6 Å². The summed E-state index contributed by atoms with van der Waals surface area (Å²) in [5, 5.41) is 9.12. The Morgan fingerprint density at radius 3 is 2.33 bits per heavy atom. The molecule has 18 heavy (non-hydrogen) atoms. The lowest BCUT2D eigenvalue weighted by molar-refractivity contribution is 0.598. The number of sulfone groups is 1. The largest absolute Gasteiger partial charge is 0.223 e. The van der Waals surface area contributed by atoms with Crippen molar-refractivity contribution in [3.63, 3.8) is 0 Å². The predicted octanol–water partition coefficient (Wildman–Crippen LogP) is 2.85. The van der Waals surface area contributed by atoms with Crippen LogP contribution in [-0.2, 0) is 9.84 Å². The summed E-state index contributed by atoms with van der Waals surface area (Å²) in [4.78, 5) is 0.288. The Bertz CT molecular complexity index is 586. The van der Waals surface area contributed by atoms with Gasteiger partial charge in [-0.3, -0.25) is 0 Å². The van der Waals surface area contributed by atoms with Crippen molar-refractivity contribution in [3.8, 4) is 6.07 Å². The number of nitrogens with zero attached hydrogens (tertiary/aromatic N) is 1. The minimum atomic E-state index is -3.39. The maximum atomic E-state index is 12.2. The lowest BCUT2D eigenvalue weighted by Crippen LogP contribution is -2.09. The third-order valence-corrected chi connectivity index (χ3v) is 4.86. The zero-order chi connectivity index (χ0) is 13.0. The van der Waals surface area contributed by atoms with Crippen molar-refractivity contribution in [3.05, 3.63) is 41.5 Å². The predicted molar refractivity (Wildman–Crippen MR) is 69.6 cm³/mol. The summed E-state index contributed by atoms with van der Waals surface area (Å²) in [6.45, 7) is 0. The summed E-state index contributed by atoms with van der Waals surface area (Å²) in [6, 6.07) is 10.4. The average molecular weight is 261 g/mol. The van der Waals surface area contributed by atoms with E-state index in [1.54, 1.807) is 30.3 Å². The van der Waals surface area contributed by atoms with Gasteiger partial charge >= 0.3 is 0 Å². The van der Waals surface area contributed by atoms with Crippen LogP contribution in [0.4, 0.5) is 0 Å². The van der Waals surface area contributed by atoms with Gasteiger partial charge in [-0.15, -0.1) is 0 Å². The highest BCUT2D eigenvalue weighted by Gasteiger charge is 2.20. The number of allylic oxidation sites excluding steroid dienone is 1. The molecule has 1 aliphatic carbocycles. The summed E-state index contributed by atoms with van der Waals surface area (Å²) in [5.41, 5.74) is 1.47. The molecule has 0 atom stereocenters. The Morgan fingerprint density at radius 1 is 1.17 bits per heavy atom. The maximum Gasteiger partial charge on any atom is 0.183 e. The first kappa shape index (κ1) is 12.8. The van der Waals surface area contributed by atoms with Crippen LogP contribution >= 0.6 is 0 Å². The molecule has 1 fully saturated rings. The monoisotopic (exact) mass is 261 g/mol. The van der Waals surface area contributed by atoms with Crippen LogP contribution in [0.15, 0.2) is 46.4 Å². The van der Waals surface area contributed by atoms with Gasteiger partial charge in [0.15, 0.2) is 9.84 Å². The van der Waals surface area contributed by atoms with Gasteiger partial charge in [0.2, 0.25) is 0 Å². The molecule has 2 rings (SSSR count). The Labute approximate surface area is 108 Å². The number of rotatable bonds is 3. The van der Waals surface area contributed by atoms with Crippen LogP contribution in [0.25, 0.3) is 0 Å². The van der Waals surface area contributed by atoms with E-state index in [2.05, 4.69) is 6.07 Å². The van der Waals surface area contributed by atoms with Crippen molar-refractivity contribution in [2.24, 2.45) is 0 Å². The van der Waals surface area contributed by atoms with Crippen molar-refractivity contribution in [2.45, 2.75) is 30.6 Å². The lowest BCUT2D eigenvalue weighted by atomic mass is 10.1. The second-order valence-electron chi connectivity index (χ2n) is 4.47. The Kier molecular flexibility index (Phi) is 3.83. The Hall–Kier alpha value is -1.60. The van der Waals surface area contributed by atoms with Crippen LogP contribution in [0, 0.1) is 11.3 Å². The number of benzene rings is 1. The first-order chi connectivity index (χ1) is 8.63. The summed E-state index contributed by atoms with van der Waals surface area (Å²) in [6.07, 6.45) is 3.86. The highest BCUT2D eigenvalue weighted by molar-refractivity contribution is 7.91. The van der Waals surface area contributed by atoms with Gasteiger partial charge < -0.3 is 0 Å². The van der Waals surface area contributed by atoms with Gasteiger partial charge in [0, 0.05) is 5.57 Å². The normalized spacial score (nSPS) is 15.4. The number of hydrogen-bond donors (Lipinski definition) is 0. The fraction of sp³-hybridized carbons (Fsp3) is 0.357. The third kappa shape index (κ3) is 2.80. The molecule has 1 aromatic rings. The molecule has 1 aliphatic rings. The molecule has 1 aromatic carbocycles. The third-order valence-electron chi connectivity index (χ3n) is 3.21. The first-order valence-corrected chi connectivity index (χ1v) is 7.67. The molecule has 1 saturated carbocycles. The molecule has 0 aromatic heterocycles. The van der Waals surface area contributed by atoms with Crippen LogP contribution < -0.4 is 0 Å². The molecule has 94 valence electrons. The van der Waals surface area contributed by atoms with Crippen LogP contribution in [-0.4, -0.2) is 14.2 Å². The Balaban J connectivity index is 2.29. The molecule has 3 nitrogen and oxygen atoms in total. The van der Waals surface area contributed by atoms with E-state index in [9.17, 15) is 8.42 Å². The van der Waals surface area contributed by atoms with Gasteiger partial charge in [-0.25, -0.2) is 8.42 Å². The molecule has 0 saturated heterocycles. The van der Waals surface area contributed by atoms with E-state index in [1.807, 2.05) is 0 Å². The lowest BCUT2D eigenvalue weighted by Gasteiger charge is -2.05. The molecular weight excluding hydrogens is 246 g/mol. The second kappa shape index (κ2) is 5.36. The van der Waals surface area contributed by atoms with Gasteiger partial charge in [0.1, 0.15) is 0 Å². The topological polar surface area (TPSA) is 57.9 Å². The standard InChI is InChI=1S/C14H15NO2S/c15-10-13(12-6-4-5-7-12)11-18(16,17)14-8-2-1-3-9-14/h1-3,8-9H,4-7,11H2. The SMILES string of the molecule is N#CC(CS(=O)(=O)c1ccccc1)=C1CCCC1. The van der Waals surface area contributed by atoms with Crippen LogP contribution in [0.3, 0.4) is 0 Å². The molecule has 0 aliphatic heterocycles. The van der Waals surface area contributed by atoms with Crippen LogP contribution in [0.5, 0.6) is 0 Å². The van der Waals surface area contributed by atoms with Crippen molar-refractivity contribution in [1.29, 1.82) is 5.26 Å². The van der Waals surface area contributed by atoms with E-state index in [0.717, 1.165) is 31.3 Å². The van der Waals surface area contributed by atoms with Crippen molar-refractivity contribution >= 4 is 9.84 Å². The van der Waals surface area contributed by atoms with E-state index >= 15 is 0 Å². The van der Waals surface area contributed by atoms with Crippen LogP contribution in [0.1, 0.15) is 25.7 Å². The van der Waals surface area contributed by atoms with Gasteiger partial charge in [-0.05, 0) is 37.8 Å². The van der Waals surface area contributed by atoms with Gasteiger partial charge in [-0.1, -0.05) is 23.8 Å². The van der Waals surface area contributed by atoms with Crippen molar-refractivity contribution in [1.82, 2.24) is 0 Å². The Morgan fingerprint density at radius 2 is 1.78 bits per heavy atom. The first-order valence-electron chi connectivity index (χ1n) is 6.02. The smallest absolute Gasteiger partial charge is 0.183 e. The van der Waals surface area contributed by atoms with Crippen LogP contribution in [0.2, 0.25) is 0 Å². The second-order valence-corrected chi connectivity index (χ2v) is 6.46. The van der Waals surface area contributed by atoms with Gasteiger partial charge in [0.05, 0.1) is 16.7 Å². The molecule has 0 N–H and O–H groups in total. The minimum Gasteiger partial charge on any atom is -0.223 e. The highest BCUT2D eigenvalue weighted by Crippen LogP contribution is 2.28. The summed E-state index contributed by atoms with van der Waals surface area (Å²) in [7, 11) is -3.39. The van der Waals surface area contributed by atoms with E-state index in [4.69, 9.17) is 5.26 Å². The molecule has 0 amide bonds.